The van der Waals surface area contributed by atoms with Crippen LogP contribution in [0.25, 0.3) is 20.7 Å². The normalized spacial score (nSPS) is 14.9. The van der Waals surface area contributed by atoms with Gasteiger partial charge in [-0.3, -0.25) is 14.5 Å². The summed E-state index contributed by atoms with van der Waals surface area (Å²) in [5.74, 6) is 0.805. The van der Waals surface area contributed by atoms with Gasteiger partial charge in [0.25, 0.3) is 5.56 Å². The molecule has 4 heterocycles. The molecule has 1 saturated heterocycles. The van der Waals surface area contributed by atoms with Gasteiger partial charge in [0.1, 0.15) is 10.7 Å². The van der Waals surface area contributed by atoms with Crippen molar-refractivity contribution in [2.45, 2.75) is 13.5 Å². The maximum absolute atomic E-state index is 12.8. The minimum Gasteiger partial charge on any atom is -0.369 e. The summed E-state index contributed by atoms with van der Waals surface area (Å²) >= 11 is 3.16. The highest BCUT2D eigenvalue weighted by Gasteiger charge is 2.20. The van der Waals surface area contributed by atoms with Crippen molar-refractivity contribution in [1.29, 1.82) is 0 Å². The molecule has 0 unspecified atom stereocenters. The number of rotatable bonds is 5. The molecule has 31 heavy (non-hydrogen) atoms. The van der Waals surface area contributed by atoms with Gasteiger partial charge in [-0.2, -0.15) is 0 Å². The maximum atomic E-state index is 12.8. The van der Waals surface area contributed by atoms with Gasteiger partial charge in [0.05, 0.1) is 11.9 Å². The van der Waals surface area contributed by atoms with E-state index in [1.54, 1.807) is 18.3 Å². The first-order chi connectivity index (χ1) is 15.1. The smallest absolute Gasteiger partial charge is 0.260 e. The number of carbonyl (C=O) groups excluding carboxylic acids is 1. The number of nitrogens with one attached hydrogen (secondary N) is 1. The van der Waals surface area contributed by atoms with E-state index in [4.69, 9.17) is 4.98 Å². The van der Waals surface area contributed by atoms with Crippen LogP contribution in [0.15, 0.2) is 52.0 Å². The van der Waals surface area contributed by atoms with Crippen molar-refractivity contribution in [1.82, 2.24) is 14.9 Å². The van der Waals surface area contributed by atoms with E-state index in [0.29, 0.717) is 11.9 Å². The van der Waals surface area contributed by atoms with Crippen LogP contribution in [-0.2, 0) is 6.54 Å². The summed E-state index contributed by atoms with van der Waals surface area (Å²) in [6, 6.07) is 11.8. The zero-order valence-corrected chi connectivity index (χ0v) is 18.8. The Kier molecular flexibility index (Phi) is 5.43. The molecule has 0 spiro atoms. The molecule has 1 N–H and O–H groups in total. The lowest BCUT2D eigenvalue weighted by Gasteiger charge is -2.35. The van der Waals surface area contributed by atoms with Crippen molar-refractivity contribution >= 4 is 44.4 Å². The van der Waals surface area contributed by atoms with Crippen LogP contribution in [0.4, 0.5) is 5.69 Å². The molecule has 0 aliphatic carbocycles. The third-order valence-electron chi connectivity index (χ3n) is 5.66. The number of aromatic amines is 1. The van der Waals surface area contributed by atoms with Crippen LogP contribution >= 0.6 is 22.7 Å². The molecule has 5 rings (SSSR count). The SMILES string of the molecule is CC(=O)c1ccc(N2CCN(Cc3nc4scc(-c5cccs5)c4c(=O)[nH]3)CC2)cc1. The molecule has 0 saturated carbocycles. The van der Waals surface area contributed by atoms with Gasteiger partial charge in [0, 0.05) is 53.3 Å². The van der Waals surface area contributed by atoms with Crippen molar-refractivity contribution in [2.24, 2.45) is 0 Å². The largest absolute Gasteiger partial charge is 0.369 e. The molecule has 0 radical (unpaired) electrons. The Morgan fingerprint density at radius 2 is 1.87 bits per heavy atom. The molecule has 3 aromatic heterocycles. The van der Waals surface area contributed by atoms with E-state index < -0.39 is 0 Å². The molecular formula is C23H22N4O2S2. The van der Waals surface area contributed by atoms with Gasteiger partial charge in [-0.15, -0.1) is 22.7 Å². The first-order valence-corrected chi connectivity index (χ1v) is 12.0. The minimum atomic E-state index is -0.0613. The number of hydrogen-bond donors (Lipinski definition) is 1. The summed E-state index contributed by atoms with van der Waals surface area (Å²) in [5, 5.41) is 4.74. The summed E-state index contributed by atoms with van der Waals surface area (Å²) in [6.07, 6.45) is 0. The molecule has 1 aliphatic heterocycles. The van der Waals surface area contributed by atoms with Gasteiger partial charge < -0.3 is 9.88 Å². The topological polar surface area (TPSA) is 69.3 Å². The van der Waals surface area contributed by atoms with E-state index in [1.807, 2.05) is 47.2 Å². The van der Waals surface area contributed by atoms with E-state index in [9.17, 15) is 9.59 Å². The first-order valence-electron chi connectivity index (χ1n) is 10.2. The summed E-state index contributed by atoms with van der Waals surface area (Å²) in [7, 11) is 0. The first kappa shape index (κ1) is 20.1. The van der Waals surface area contributed by atoms with Crippen LogP contribution in [0.5, 0.6) is 0 Å². The number of aromatic nitrogens is 2. The van der Waals surface area contributed by atoms with Crippen molar-refractivity contribution in [3.05, 3.63) is 68.9 Å². The van der Waals surface area contributed by atoms with Crippen LogP contribution in [-0.4, -0.2) is 46.8 Å². The zero-order valence-electron chi connectivity index (χ0n) is 17.1. The van der Waals surface area contributed by atoms with Crippen molar-refractivity contribution in [3.63, 3.8) is 0 Å². The van der Waals surface area contributed by atoms with Crippen molar-refractivity contribution < 1.29 is 4.79 Å². The van der Waals surface area contributed by atoms with Crippen LogP contribution in [0.2, 0.25) is 0 Å². The van der Waals surface area contributed by atoms with Crippen LogP contribution in [0, 0.1) is 0 Å². The van der Waals surface area contributed by atoms with E-state index >= 15 is 0 Å². The molecule has 8 heteroatoms. The monoisotopic (exact) mass is 450 g/mol. The van der Waals surface area contributed by atoms with E-state index in [2.05, 4.69) is 14.8 Å². The average Bonchev–Trinajstić information content (AvgIpc) is 3.44. The maximum Gasteiger partial charge on any atom is 0.260 e. The number of H-pyrrole nitrogens is 1. The Labute approximate surface area is 187 Å². The second kappa shape index (κ2) is 8.37. The fourth-order valence-corrected chi connectivity index (χ4v) is 5.75. The van der Waals surface area contributed by atoms with Gasteiger partial charge in [-0.1, -0.05) is 6.07 Å². The summed E-state index contributed by atoms with van der Waals surface area (Å²) < 4.78 is 0. The molecule has 1 fully saturated rings. The molecule has 0 bridgehead atoms. The third kappa shape index (κ3) is 4.06. The highest BCUT2D eigenvalue weighted by molar-refractivity contribution is 7.18. The number of hydrogen-bond acceptors (Lipinski definition) is 7. The fourth-order valence-electron chi connectivity index (χ4n) is 3.96. The molecule has 4 aromatic rings. The van der Waals surface area contributed by atoms with Gasteiger partial charge in [-0.25, -0.2) is 4.98 Å². The number of thiophene rings is 2. The summed E-state index contributed by atoms with van der Waals surface area (Å²) in [5.41, 5.74) is 2.79. The second-order valence-electron chi connectivity index (χ2n) is 7.69. The van der Waals surface area contributed by atoms with E-state index in [1.165, 1.54) is 11.3 Å². The number of carbonyl (C=O) groups is 1. The minimum absolute atomic E-state index is 0.0613. The predicted octanol–water partition coefficient (Wildman–Crippen LogP) is 4.24. The average molecular weight is 451 g/mol. The Hall–Kier alpha value is -2.81. The van der Waals surface area contributed by atoms with Crippen LogP contribution < -0.4 is 10.5 Å². The number of fused-ring (bicyclic) bond motifs is 1. The van der Waals surface area contributed by atoms with Crippen molar-refractivity contribution in [2.75, 3.05) is 31.1 Å². The molecule has 0 amide bonds. The van der Waals surface area contributed by atoms with Gasteiger partial charge >= 0.3 is 0 Å². The molecule has 0 atom stereocenters. The molecule has 6 nitrogen and oxygen atoms in total. The number of ketones is 1. The van der Waals surface area contributed by atoms with E-state index in [-0.39, 0.29) is 11.3 Å². The van der Waals surface area contributed by atoms with Crippen molar-refractivity contribution in [3.8, 4) is 10.4 Å². The lowest BCUT2D eigenvalue weighted by molar-refractivity contribution is 0.101. The van der Waals surface area contributed by atoms with Gasteiger partial charge in [0.2, 0.25) is 0 Å². The quantitative estimate of drug-likeness (QED) is 0.461. The molecule has 158 valence electrons. The summed E-state index contributed by atoms with van der Waals surface area (Å²) in [6.45, 7) is 5.79. The lowest BCUT2D eigenvalue weighted by atomic mass is 10.1. The summed E-state index contributed by atoms with van der Waals surface area (Å²) in [4.78, 5) is 38.5. The zero-order chi connectivity index (χ0) is 21.4. The van der Waals surface area contributed by atoms with Crippen LogP contribution in [0.1, 0.15) is 23.1 Å². The Balaban J connectivity index is 1.27. The standard InChI is InChI=1S/C23H22N4O2S2/c1-15(28)16-4-6-17(7-5-16)27-10-8-26(9-11-27)13-20-24-22(29)21-18(14-31-23(21)25-20)19-3-2-12-30-19/h2-7,12,14H,8-11,13H2,1H3,(H,24,25,29). The number of anilines is 1. The number of benzene rings is 1. The van der Waals surface area contributed by atoms with E-state index in [0.717, 1.165) is 58.5 Å². The lowest BCUT2D eigenvalue weighted by Crippen LogP contribution is -2.46. The molecule has 1 aromatic carbocycles. The van der Waals surface area contributed by atoms with Gasteiger partial charge in [-0.05, 0) is 42.6 Å². The number of nitrogens with zero attached hydrogens (tertiary/aromatic N) is 3. The second-order valence-corrected chi connectivity index (χ2v) is 9.49. The number of piperazine rings is 1. The van der Waals surface area contributed by atoms with Crippen LogP contribution in [0.3, 0.4) is 0 Å². The fraction of sp³-hybridized carbons (Fsp3) is 0.261. The Bertz CT molecular complexity index is 1270. The number of Topliss-reactive ketones (excluding diaryl/α,β-unsaturated/α-hetero) is 1. The highest BCUT2D eigenvalue weighted by atomic mass is 32.1. The molecular weight excluding hydrogens is 428 g/mol. The van der Waals surface area contributed by atoms with Gasteiger partial charge in [0.15, 0.2) is 5.78 Å². The predicted molar refractivity (Wildman–Crippen MR) is 127 cm³/mol. The highest BCUT2D eigenvalue weighted by Crippen LogP contribution is 2.33. The molecule has 1 aliphatic rings. The Morgan fingerprint density at radius 1 is 1.10 bits per heavy atom. The Morgan fingerprint density at radius 3 is 2.55 bits per heavy atom. The third-order valence-corrected chi connectivity index (χ3v) is 7.44.